The molecule has 38 heavy (non-hydrogen) atoms. The predicted octanol–water partition coefficient (Wildman–Crippen LogP) is 2.49. The highest BCUT2D eigenvalue weighted by atomic mass is 16.6. The van der Waals surface area contributed by atoms with Crippen molar-refractivity contribution in [2.75, 3.05) is 6.54 Å². The molecule has 0 aromatic rings. The first kappa shape index (κ1) is 35.8. The minimum Gasteiger partial charge on any atom is -0.481 e. The van der Waals surface area contributed by atoms with Gasteiger partial charge in [-0.1, -0.05) is 52.9 Å². The Balaban J connectivity index is 4.45. The van der Waals surface area contributed by atoms with E-state index < -0.39 is 61.1 Å². The van der Waals surface area contributed by atoms with E-state index in [0.29, 0.717) is 19.3 Å². The van der Waals surface area contributed by atoms with Crippen molar-refractivity contribution in [3.05, 3.63) is 0 Å². The van der Waals surface area contributed by atoms with Gasteiger partial charge in [0.15, 0.2) is 0 Å². The number of rotatable bonds is 22. The van der Waals surface area contributed by atoms with Crippen molar-refractivity contribution in [1.82, 2.24) is 5.32 Å². The number of carboxylic acid groups (broad SMARTS) is 2. The lowest BCUT2D eigenvalue weighted by Gasteiger charge is -2.30. The van der Waals surface area contributed by atoms with Crippen molar-refractivity contribution in [3.63, 3.8) is 0 Å². The van der Waals surface area contributed by atoms with Gasteiger partial charge in [-0.05, 0) is 31.1 Å². The molecular weight excluding hydrogens is 498 g/mol. The molecule has 11 heteroatoms. The Labute approximate surface area is 226 Å². The molecule has 0 saturated heterocycles. The number of carbonyl (C=O) groups excluding carboxylic acids is 2. The summed E-state index contributed by atoms with van der Waals surface area (Å²) < 4.78 is 5.46. The van der Waals surface area contributed by atoms with Gasteiger partial charge in [-0.2, -0.15) is 0 Å². The van der Waals surface area contributed by atoms with E-state index in [-0.39, 0.29) is 30.7 Å². The number of hydrogen-bond donors (Lipinski definition) is 6. The Morgan fingerprint density at radius 1 is 0.842 bits per heavy atom. The maximum Gasteiger partial charge on any atom is 0.307 e. The summed E-state index contributed by atoms with van der Waals surface area (Å²) in [7, 11) is 0. The van der Waals surface area contributed by atoms with Gasteiger partial charge < -0.3 is 35.6 Å². The fourth-order valence-corrected chi connectivity index (χ4v) is 4.33. The maximum absolute atomic E-state index is 12.4. The maximum atomic E-state index is 12.4. The Morgan fingerprint density at radius 2 is 1.45 bits per heavy atom. The number of hydrogen-bond acceptors (Lipinski definition) is 8. The molecule has 7 atom stereocenters. The van der Waals surface area contributed by atoms with Crippen LogP contribution in [0.3, 0.4) is 0 Å². The molecule has 0 aliphatic rings. The number of ether oxygens (including phenoxy) is 1. The molecule has 0 heterocycles. The molecular formula is C27H49NO10. The molecule has 0 aromatic carbocycles. The number of aliphatic hydroxyl groups is 3. The number of carbonyl (C=O) groups is 4. The van der Waals surface area contributed by atoms with Crippen molar-refractivity contribution in [2.45, 2.75) is 123 Å². The highest BCUT2D eigenvalue weighted by Crippen LogP contribution is 2.24. The van der Waals surface area contributed by atoms with Gasteiger partial charge in [-0.3, -0.25) is 19.2 Å². The number of esters is 1. The molecule has 1 amide bonds. The van der Waals surface area contributed by atoms with E-state index in [1.807, 2.05) is 20.8 Å². The van der Waals surface area contributed by atoms with E-state index in [9.17, 15) is 34.5 Å². The lowest BCUT2D eigenvalue weighted by Crippen LogP contribution is -2.38. The molecule has 6 N–H and O–H groups in total. The molecule has 0 fully saturated rings. The fourth-order valence-electron chi connectivity index (χ4n) is 4.33. The largest absolute Gasteiger partial charge is 0.481 e. The van der Waals surface area contributed by atoms with E-state index in [4.69, 9.17) is 14.9 Å². The van der Waals surface area contributed by atoms with Crippen LogP contribution in [0.5, 0.6) is 0 Å². The number of aliphatic hydroxyl groups excluding tert-OH is 3. The van der Waals surface area contributed by atoms with Crippen molar-refractivity contribution in [3.8, 4) is 0 Å². The van der Waals surface area contributed by atoms with Crippen LogP contribution in [0, 0.1) is 17.8 Å². The normalized spacial score (nSPS) is 16.9. The zero-order valence-electron chi connectivity index (χ0n) is 23.3. The molecule has 222 valence electrons. The lowest BCUT2D eigenvalue weighted by atomic mass is 9.89. The zero-order chi connectivity index (χ0) is 29.3. The monoisotopic (exact) mass is 547 g/mol. The van der Waals surface area contributed by atoms with Gasteiger partial charge in [0.2, 0.25) is 5.91 Å². The topological polar surface area (TPSA) is 191 Å². The second-order valence-corrected chi connectivity index (χ2v) is 10.6. The van der Waals surface area contributed by atoms with Gasteiger partial charge in [-0.25, -0.2) is 0 Å². The van der Waals surface area contributed by atoms with Crippen LogP contribution in [0.25, 0.3) is 0 Å². The molecule has 11 nitrogen and oxygen atoms in total. The second-order valence-electron chi connectivity index (χ2n) is 10.6. The van der Waals surface area contributed by atoms with Crippen LogP contribution in [0.1, 0.15) is 98.3 Å². The summed E-state index contributed by atoms with van der Waals surface area (Å²) in [5.41, 5.74) is 0. The lowest BCUT2D eigenvalue weighted by molar-refractivity contribution is -0.164. The summed E-state index contributed by atoms with van der Waals surface area (Å²) in [6.45, 7) is 7.24. The minimum absolute atomic E-state index is 0.126. The van der Waals surface area contributed by atoms with Crippen LogP contribution in [0.15, 0.2) is 0 Å². The zero-order valence-corrected chi connectivity index (χ0v) is 23.3. The Hall–Kier alpha value is -2.24. The summed E-state index contributed by atoms with van der Waals surface area (Å²) in [4.78, 5) is 45.3. The van der Waals surface area contributed by atoms with Crippen LogP contribution >= 0.6 is 0 Å². The van der Waals surface area contributed by atoms with E-state index in [2.05, 4.69) is 5.32 Å². The van der Waals surface area contributed by atoms with Crippen LogP contribution in [-0.4, -0.2) is 80.3 Å². The van der Waals surface area contributed by atoms with Crippen LogP contribution in [0.4, 0.5) is 0 Å². The van der Waals surface area contributed by atoms with Crippen molar-refractivity contribution >= 4 is 23.8 Å². The first-order valence-electron chi connectivity index (χ1n) is 13.7. The standard InChI is InChI=1S/C27H49NO10/c1-5-18(3)26(38-25(35)14-20(27(36)37)13-24(33)34)23(32)12-17(2)10-8-6-7-9-11-21(30)15-22(31)16-28-19(4)29/h17-18,20-23,26,30-32H,5-16H2,1-4H3,(H,28,29)(H,33,34)(H,36,37). The Kier molecular flexibility index (Phi) is 18.6. The number of aliphatic carboxylic acids is 2. The first-order valence-corrected chi connectivity index (χ1v) is 13.7. The summed E-state index contributed by atoms with van der Waals surface area (Å²) in [6.07, 6.45) is 1.92. The highest BCUT2D eigenvalue weighted by Gasteiger charge is 2.32. The quantitative estimate of drug-likeness (QED) is 0.0867. The molecule has 0 rings (SSSR count). The highest BCUT2D eigenvalue weighted by molar-refractivity contribution is 5.82. The third-order valence-corrected chi connectivity index (χ3v) is 6.79. The van der Waals surface area contributed by atoms with Gasteiger partial charge in [0.05, 0.1) is 37.1 Å². The fraction of sp³-hybridized carbons (Fsp3) is 0.852. The van der Waals surface area contributed by atoms with E-state index in [1.165, 1.54) is 6.92 Å². The number of carboxylic acids is 2. The molecule has 7 unspecified atom stereocenters. The molecule has 0 aromatic heterocycles. The van der Waals surface area contributed by atoms with Crippen molar-refractivity contribution < 1.29 is 49.4 Å². The van der Waals surface area contributed by atoms with Gasteiger partial charge in [-0.15, -0.1) is 0 Å². The average Bonchev–Trinajstić information content (AvgIpc) is 2.81. The first-order chi connectivity index (χ1) is 17.8. The van der Waals surface area contributed by atoms with Crippen LogP contribution in [0.2, 0.25) is 0 Å². The van der Waals surface area contributed by atoms with Gasteiger partial charge in [0, 0.05) is 19.9 Å². The minimum atomic E-state index is -1.39. The average molecular weight is 548 g/mol. The van der Waals surface area contributed by atoms with Crippen LogP contribution in [-0.2, 0) is 23.9 Å². The Morgan fingerprint density at radius 3 is 1.97 bits per heavy atom. The SMILES string of the molecule is CCC(C)C(OC(=O)CC(CC(=O)O)C(=O)O)C(O)CC(C)CCCCCCC(O)CC(O)CNC(C)=O. The molecule has 0 saturated carbocycles. The predicted molar refractivity (Wildman–Crippen MR) is 140 cm³/mol. The summed E-state index contributed by atoms with van der Waals surface area (Å²) >= 11 is 0. The number of nitrogens with one attached hydrogen (secondary N) is 1. The molecule has 0 bridgehead atoms. The van der Waals surface area contributed by atoms with E-state index in [1.54, 1.807) is 0 Å². The van der Waals surface area contributed by atoms with Crippen molar-refractivity contribution in [2.24, 2.45) is 17.8 Å². The summed E-state index contributed by atoms with van der Waals surface area (Å²) in [5.74, 6) is -5.14. The third-order valence-electron chi connectivity index (χ3n) is 6.79. The summed E-state index contributed by atoms with van der Waals surface area (Å²) in [6, 6.07) is 0. The van der Waals surface area contributed by atoms with E-state index >= 15 is 0 Å². The summed E-state index contributed by atoms with van der Waals surface area (Å²) in [5, 5.41) is 51.2. The molecule has 0 aliphatic heterocycles. The van der Waals surface area contributed by atoms with Gasteiger partial charge in [0.25, 0.3) is 0 Å². The van der Waals surface area contributed by atoms with Crippen LogP contribution < -0.4 is 5.32 Å². The number of amides is 1. The molecule has 0 radical (unpaired) electrons. The van der Waals surface area contributed by atoms with E-state index in [0.717, 1.165) is 32.1 Å². The smallest absolute Gasteiger partial charge is 0.307 e. The number of unbranched alkanes of at least 4 members (excludes halogenated alkanes) is 3. The Bertz CT molecular complexity index is 716. The molecule has 0 aliphatic carbocycles. The van der Waals surface area contributed by atoms with Crippen molar-refractivity contribution in [1.29, 1.82) is 0 Å². The molecule has 0 spiro atoms. The second kappa shape index (κ2) is 19.8. The van der Waals surface area contributed by atoms with Gasteiger partial charge >= 0.3 is 17.9 Å². The third kappa shape index (κ3) is 17.3. The van der Waals surface area contributed by atoms with Gasteiger partial charge in [0.1, 0.15) is 6.10 Å².